The first-order chi connectivity index (χ1) is 10.1. The highest BCUT2D eigenvalue weighted by Crippen LogP contribution is 2.25. The first-order valence-electron chi connectivity index (χ1n) is 8.06. The lowest BCUT2D eigenvalue weighted by Gasteiger charge is -2.32. The Labute approximate surface area is 125 Å². The molecule has 0 radical (unpaired) electrons. The van der Waals surface area contributed by atoms with Crippen LogP contribution >= 0.6 is 0 Å². The fourth-order valence-corrected chi connectivity index (χ4v) is 3.73. The van der Waals surface area contributed by atoms with Crippen molar-refractivity contribution in [3.05, 3.63) is 0 Å². The minimum absolute atomic E-state index is 0.0155. The zero-order valence-corrected chi connectivity index (χ0v) is 12.4. The van der Waals surface area contributed by atoms with Crippen molar-refractivity contribution in [2.45, 2.75) is 56.8 Å². The van der Waals surface area contributed by atoms with E-state index in [0.717, 1.165) is 32.6 Å². The van der Waals surface area contributed by atoms with Crippen molar-refractivity contribution in [2.24, 2.45) is 0 Å². The Morgan fingerprint density at radius 3 is 2.33 bits per heavy atom. The SMILES string of the molecule is O=C(O)[C@H]1CC[C@@H](C(=O)N2CCC(N3CCCCC3)C2)O1. The van der Waals surface area contributed by atoms with Crippen LogP contribution in [0.15, 0.2) is 0 Å². The smallest absolute Gasteiger partial charge is 0.332 e. The summed E-state index contributed by atoms with van der Waals surface area (Å²) in [5, 5.41) is 8.93. The molecule has 3 heterocycles. The molecular formula is C15H24N2O4. The maximum absolute atomic E-state index is 12.4. The molecule has 21 heavy (non-hydrogen) atoms. The van der Waals surface area contributed by atoms with Gasteiger partial charge < -0.3 is 14.7 Å². The highest BCUT2D eigenvalue weighted by atomic mass is 16.5. The Morgan fingerprint density at radius 1 is 0.952 bits per heavy atom. The molecule has 3 aliphatic rings. The molecule has 0 aromatic heterocycles. The minimum atomic E-state index is -0.960. The Balaban J connectivity index is 1.51. The van der Waals surface area contributed by atoms with Crippen LogP contribution in [-0.2, 0) is 14.3 Å². The second-order valence-electron chi connectivity index (χ2n) is 6.35. The number of hydrogen-bond acceptors (Lipinski definition) is 4. The van der Waals surface area contributed by atoms with Gasteiger partial charge in [-0.1, -0.05) is 6.42 Å². The molecule has 1 amide bonds. The van der Waals surface area contributed by atoms with E-state index in [4.69, 9.17) is 9.84 Å². The Kier molecular flexibility index (Phi) is 4.45. The van der Waals surface area contributed by atoms with Gasteiger partial charge in [-0.3, -0.25) is 9.69 Å². The summed E-state index contributed by atoms with van der Waals surface area (Å²) in [4.78, 5) is 27.7. The third-order valence-corrected chi connectivity index (χ3v) is 4.95. The summed E-state index contributed by atoms with van der Waals surface area (Å²) >= 11 is 0. The van der Waals surface area contributed by atoms with Gasteiger partial charge in [-0.2, -0.15) is 0 Å². The lowest BCUT2D eigenvalue weighted by Crippen LogP contribution is -2.43. The van der Waals surface area contributed by atoms with E-state index in [1.54, 1.807) is 0 Å². The molecule has 0 aromatic carbocycles. The van der Waals surface area contributed by atoms with Gasteiger partial charge >= 0.3 is 5.97 Å². The molecular weight excluding hydrogens is 272 g/mol. The highest BCUT2D eigenvalue weighted by molar-refractivity contribution is 5.83. The summed E-state index contributed by atoms with van der Waals surface area (Å²) in [6, 6.07) is 0.478. The molecule has 3 atom stereocenters. The summed E-state index contributed by atoms with van der Waals surface area (Å²) in [6.07, 6.45) is 4.48. The lowest BCUT2D eigenvalue weighted by molar-refractivity contribution is -0.154. The Hall–Kier alpha value is -1.14. The molecule has 0 aliphatic carbocycles. The van der Waals surface area contributed by atoms with Crippen LogP contribution in [0.5, 0.6) is 0 Å². The van der Waals surface area contributed by atoms with Crippen molar-refractivity contribution in [1.29, 1.82) is 0 Å². The molecule has 0 saturated carbocycles. The van der Waals surface area contributed by atoms with E-state index in [1.807, 2.05) is 4.90 Å². The van der Waals surface area contributed by atoms with Crippen molar-refractivity contribution >= 4 is 11.9 Å². The molecule has 0 bridgehead atoms. The molecule has 3 rings (SSSR count). The number of amides is 1. The number of carboxylic acid groups (broad SMARTS) is 1. The standard InChI is InChI=1S/C15H24N2O4/c18-14(12-4-5-13(21-12)15(19)20)17-9-6-11(10-17)16-7-2-1-3-8-16/h11-13H,1-10H2,(H,19,20)/t11?,12-,13+/m0/s1. The van der Waals surface area contributed by atoms with Crippen molar-refractivity contribution in [2.75, 3.05) is 26.2 Å². The topological polar surface area (TPSA) is 70.1 Å². The summed E-state index contributed by atoms with van der Waals surface area (Å²) in [6.45, 7) is 3.84. The summed E-state index contributed by atoms with van der Waals surface area (Å²) in [5.74, 6) is -0.976. The van der Waals surface area contributed by atoms with Gasteiger partial charge in [-0.15, -0.1) is 0 Å². The van der Waals surface area contributed by atoms with Crippen molar-refractivity contribution in [3.8, 4) is 0 Å². The van der Waals surface area contributed by atoms with Crippen LogP contribution in [-0.4, -0.2) is 71.2 Å². The number of hydrogen-bond donors (Lipinski definition) is 1. The molecule has 3 aliphatic heterocycles. The van der Waals surface area contributed by atoms with Crippen LogP contribution < -0.4 is 0 Å². The molecule has 118 valence electrons. The number of nitrogens with zero attached hydrogens (tertiary/aromatic N) is 2. The second-order valence-corrected chi connectivity index (χ2v) is 6.35. The van der Waals surface area contributed by atoms with Crippen LogP contribution in [0.3, 0.4) is 0 Å². The predicted octanol–water partition coefficient (Wildman–Crippen LogP) is 0.705. The molecule has 3 saturated heterocycles. The molecule has 1 N–H and O–H groups in total. The van der Waals surface area contributed by atoms with Crippen LogP contribution in [0, 0.1) is 0 Å². The number of carboxylic acids is 1. The number of likely N-dealkylation sites (tertiary alicyclic amines) is 2. The van der Waals surface area contributed by atoms with Gasteiger partial charge in [-0.25, -0.2) is 4.79 Å². The highest BCUT2D eigenvalue weighted by Gasteiger charge is 2.39. The fourth-order valence-electron chi connectivity index (χ4n) is 3.73. The van der Waals surface area contributed by atoms with E-state index in [9.17, 15) is 9.59 Å². The second kappa shape index (κ2) is 6.32. The van der Waals surface area contributed by atoms with Gasteiger partial charge in [0.05, 0.1) is 0 Å². The average Bonchev–Trinajstić information content (AvgIpc) is 3.17. The van der Waals surface area contributed by atoms with Crippen molar-refractivity contribution in [1.82, 2.24) is 9.80 Å². The normalized spacial score (nSPS) is 34.3. The number of rotatable bonds is 3. The summed E-state index contributed by atoms with van der Waals surface area (Å²) < 4.78 is 5.37. The zero-order valence-electron chi connectivity index (χ0n) is 12.4. The number of carbonyl (C=O) groups is 2. The Bertz CT molecular complexity index is 408. The zero-order chi connectivity index (χ0) is 14.8. The number of aliphatic carboxylic acids is 1. The van der Waals surface area contributed by atoms with Gasteiger partial charge in [0, 0.05) is 19.1 Å². The minimum Gasteiger partial charge on any atom is -0.479 e. The quantitative estimate of drug-likeness (QED) is 0.830. The Morgan fingerprint density at radius 2 is 1.67 bits per heavy atom. The summed E-state index contributed by atoms with van der Waals surface area (Å²) in [7, 11) is 0. The summed E-state index contributed by atoms with van der Waals surface area (Å²) in [5.41, 5.74) is 0. The third kappa shape index (κ3) is 3.21. The molecule has 3 fully saturated rings. The van der Waals surface area contributed by atoms with E-state index in [0.29, 0.717) is 18.9 Å². The fraction of sp³-hybridized carbons (Fsp3) is 0.867. The molecule has 6 nitrogen and oxygen atoms in total. The van der Waals surface area contributed by atoms with Crippen molar-refractivity contribution < 1.29 is 19.4 Å². The van der Waals surface area contributed by atoms with Gasteiger partial charge in [0.25, 0.3) is 5.91 Å². The van der Waals surface area contributed by atoms with E-state index in [2.05, 4.69) is 4.90 Å². The van der Waals surface area contributed by atoms with Crippen LogP contribution in [0.1, 0.15) is 38.5 Å². The molecule has 1 unspecified atom stereocenters. The van der Waals surface area contributed by atoms with Gasteiger partial charge in [0.15, 0.2) is 6.10 Å². The lowest BCUT2D eigenvalue weighted by atomic mass is 10.1. The van der Waals surface area contributed by atoms with Gasteiger partial charge in [-0.05, 0) is 45.2 Å². The monoisotopic (exact) mass is 296 g/mol. The van der Waals surface area contributed by atoms with Crippen LogP contribution in [0.25, 0.3) is 0 Å². The predicted molar refractivity (Wildman–Crippen MR) is 75.9 cm³/mol. The maximum atomic E-state index is 12.4. The molecule has 6 heteroatoms. The van der Waals surface area contributed by atoms with E-state index in [1.165, 1.54) is 19.3 Å². The van der Waals surface area contributed by atoms with E-state index in [-0.39, 0.29) is 5.91 Å². The number of piperidine rings is 1. The largest absolute Gasteiger partial charge is 0.479 e. The molecule has 0 spiro atoms. The maximum Gasteiger partial charge on any atom is 0.332 e. The third-order valence-electron chi connectivity index (χ3n) is 4.95. The number of ether oxygens (including phenoxy) is 1. The van der Waals surface area contributed by atoms with Gasteiger partial charge in [0.1, 0.15) is 6.10 Å². The van der Waals surface area contributed by atoms with Crippen LogP contribution in [0.4, 0.5) is 0 Å². The van der Waals surface area contributed by atoms with Crippen LogP contribution in [0.2, 0.25) is 0 Å². The van der Waals surface area contributed by atoms with E-state index >= 15 is 0 Å². The van der Waals surface area contributed by atoms with Gasteiger partial charge in [0.2, 0.25) is 0 Å². The first kappa shape index (κ1) is 14.8. The number of carbonyl (C=O) groups excluding carboxylic acids is 1. The van der Waals surface area contributed by atoms with Crippen molar-refractivity contribution in [3.63, 3.8) is 0 Å². The van der Waals surface area contributed by atoms with E-state index < -0.39 is 18.2 Å². The molecule has 0 aromatic rings. The average molecular weight is 296 g/mol. The first-order valence-corrected chi connectivity index (χ1v) is 8.06.